The minimum Gasteiger partial charge on any atom is -0.350 e. The number of nitrogens with zero attached hydrogens (tertiary/aromatic N) is 2. The number of hydrogen-bond acceptors (Lipinski definition) is 3. The van der Waals surface area contributed by atoms with Gasteiger partial charge < -0.3 is 10.6 Å². The number of carbonyl (C=O) groups is 2. The summed E-state index contributed by atoms with van der Waals surface area (Å²) in [6, 6.07) is 15.2. The van der Waals surface area contributed by atoms with Crippen LogP contribution in [0.25, 0.3) is 0 Å². The Balaban J connectivity index is 1.44. The van der Waals surface area contributed by atoms with E-state index in [1.54, 1.807) is 16.9 Å². The third-order valence-electron chi connectivity index (χ3n) is 5.95. The van der Waals surface area contributed by atoms with E-state index in [0.717, 1.165) is 11.6 Å². The lowest BCUT2D eigenvalue weighted by Crippen LogP contribution is -2.57. The van der Waals surface area contributed by atoms with Crippen molar-refractivity contribution in [3.05, 3.63) is 88.5 Å². The number of hydrogen-bond donors (Lipinski definition) is 2. The first-order valence-corrected chi connectivity index (χ1v) is 10.9. The molecule has 6 nitrogen and oxygen atoms in total. The third kappa shape index (κ3) is 4.53. The summed E-state index contributed by atoms with van der Waals surface area (Å²) >= 11 is 6.06. The minimum absolute atomic E-state index is 0.113. The summed E-state index contributed by atoms with van der Waals surface area (Å²) in [5.41, 5.74) is 1.27. The molecule has 3 aromatic rings. The van der Waals surface area contributed by atoms with E-state index in [0.29, 0.717) is 31.6 Å². The van der Waals surface area contributed by atoms with Gasteiger partial charge in [0.25, 0.3) is 11.8 Å². The van der Waals surface area contributed by atoms with Gasteiger partial charge in [0.2, 0.25) is 0 Å². The number of halogens is 2. The Labute approximate surface area is 190 Å². The molecule has 0 radical (unpaired) electrons. The second-order valence-corrected chi connectivity index (χ2v) is 8.50. The zero-order valence-electron chi connectivity index (χ0n) is 17.6. The van der Waals surface area contributed by atoms with Crippen molar-refractivity contribution in [1.29, 1.82) is 0 Å². The van der Waals surface area contributed by atoms with Crippen molar-refractivity contribution in [1.82, 2.24) is 20.4 Å². The molecule has 2 amide bonds. The predicted molar refractivity (Wildman–Crippen MR) is 120 cm³/mol. The van der Waals surface area contributed by atoms with Gasteiger partial charge in [0.05, 0.1) is 10.6 Å². The van der Waals surface area contributed by atoms with E-state index >= 15 is 0 Å². The maximum Gasteiger partial charge on any atom is 0.271 e. The van der Waals surface area contributed by atoms with Gasteiger partial charge in [0.1, 0.15) is 11.5 Å². The molecular weight excluding hydrogens is 431 g/mol. The molecule has 0 atom stereocenters. The van der Waals surface area contributed by atoms with Crippen molar-refractivity contribution >= 4 is 23.4 Å². The van der Waals surface area contributed by atoms with Crippen molar-refractivity contribution in [2.45, 2.75) is 37.8 Å². The highest BCUT2D eigenvalue weighted by Gasteiger charge is 2.46. The van der Waals surface area contributed by atoms with E-state index in [9.17, 15) is 14.0 Å². The molecule has 0 saturated heterocycles. The van der Waals surface area contributed by atoms with E-state index in [2.05, 4.69) is 15.7 Å². The summed E-state index contributed by atoms with van der Waals surface area (Å²) in [4.78, 5) is 25.2. The average molecular weight is 455 g/mol. The van der Waals surface area contributed by atoms with Gasteiger partial charge in [-0.1, -0.05) is 41.9 Å². The fraction of sp³-hybridized carbons (Fsp3) is 0.292. The Bertz CT molecular complexity index is 1130. The summed E-state index contributed by atoms with van der Waals surface area (Å²) in [6.45, 7) is 3.07. The van der Waals surface area contributed by atoms with Gasteiger partial charge in [-0.25, -0.2) is 4.39 Å². The zero-order valence-corrected chi connectivity index (χ0v) is 18.4. The molecule has 32 heavy (non-hydrogen) atoms. The topological polar surface area (TPSA) is 76.0 Å². The first kappa shape index (κ1) is 22.0. The number of aromatic nitrogens is 2. The van der Waals surface area contributed by atoms with E-state index in [-0.39, 0.29) is 28.0 Å². The van der Waals surface area contributed by atoms with Crippen molar-refractivity contribution in [2.75, 3.05) is 6.54 Å². The molecule has 1 aliphatic rings. The standard InChI is InChI=1S/C24H24ClFN4O2/c1-2-30-11-10-21(29-30)23(32)27-15-24(16-6-4-3-5-7-16)13-18(14-24)28-22(31)19-12-17(26)8-9-20(19)25/h3-12,18H,2,13-15H2,1H3,(H,27,32)(H,28,31). The highest BCUT2D eigenvalue weighted by Crippen LogP contribution is 2.43. The van der Waals surface area contributed by atoms with Crippen LogP contribution in [0.4, 0.5) is 4.39 Å². The van der Waals surface area contributed by atoms with Gasteiger partial charge in [-0.3, -0.25) is 14.3 Å². The van der Waals surface area contributed by atoms with Crippen LogP contribution in [-0.2, 0) is 12.0 Å². The summed E-state index contributed by atoms with van der Waals surface area (Å²) in [7, 11) is 0. The monoisotopic (exact) mass is 454 g/mol. The van der Waals surface area contributed by atoms with Crippen LogP contribution in [0, 0.1) is 5.82 Å². The molecule has 1 fully saturated rings. The van der Waals surface area contributed by atoms with Crippen LogP contribution in [-0.4, -0.2) is 34.2 Å². The molecule has 8 heteroatoms. The van der Waals surface area contributed by atoms with Crippen molar-refractivity contribution in [2.24, 2.45) is 0 Å². The maximum absolute atomic E-state index is 13.5. The molecule has 4 rings (SSSR count). The molecule has 1 aromatic heterocycles. The van der Waals surface area contributed by atoms with Crippen molar-refractivity contribution in [3.8, 4) is 0 Å². The van der Waals surface area contributed by atoms with Gasteiger partial charge in [0.15, 0.2) is 0 Å². The molecule has 1 saturated carbocycles. The summed E-state index contributed by atoms with van der Waals surface area (Å²) in [5, 5.41) is 10.4. The number of amides is 2. The number of nitrogens with one attached hydrogen (secondary N) is 2. The molecular formula is C24H24ClFN4O2. The predicted octanol–water partition coefficient (Wildman–Crippen LogP) is 3.96. The Morgan fingerprint density at radius 1 is 1.16 bits per heavy atom. The smallest absolute Gasteiger partial charge is 0.271 e. The van der Waals surface area contributed by atoms with Crippen LogP contribution in [0.15, 0.2) is 60.8 Å². The lowest BCUT2D eigenvalue weighted by molar-refractivity contribution is 0.0822. The second-order valence-electron chi connectivity index (χ2n) is 8.09. The fourth-order valence-corrected chi connectivity index (χ4v) is 4.40. The Morgan fingerprint density at radius 3 is 2.59 bits per heavy atom. The molecule has 2 aromatic carbocycles. The van der Waals surface area contributed by atoms with E-state index in [1.807, 2.05) is 37.3 Å². The van der Waals surface area contributed by atoms with Crippen molar-refractivity contribution in [3.63, 3.8) is 0 Å². The van der Waals surface area contributed by atoms with Crippen LogP contribution in [0.5, 0.6) is 0 Å². The second kappa shape index (κ2) is 9.12. The fourth-order valence-electron chi connectivity index (χ4n) is 4.19. The van der Waals surface area contributed by atoms with Crippen LogP contribution in [0.1, 0.15) is 46.2 Å². The summed E-state index contributed by atoms with van der Waals surface area (Å²) in [5.74, 6) is -1.15. The minimum atomic E-state index is -0.514. The molecule has 1 heterocycles. The normalized spacial score (nSPS) is 19.8. The number of rotatable bonds is 7. The van der Waals surface area contributed by atoms with Crippen molar-refractivity contribution < 1.29 is 14.0 Å². The van der Waals surface area contributed by atoms with Crippen LogP contribution < -0.4 is 10.6 Å². The largest absolute Gasteiger partial charge is 0.350 e. The van der Waals surface area contributed by atoms with Crippen LogP contribution in [0.2, 0.25) is 5.02 Å². The first-order valence-electron chi connectivity index (χ1n) is 10.5. The van der Waals surface area contributed by atoms with Gasteiger partial charge in [-0.15, -0.1) is 0 Å². The Hall–Kier alpha value is -3.19. The van der Waals surface area contributed by atoms with Crippen LogP contribution in [0.3, 0.4) is 0 Å². The number of benzene rings is 2. The molecule has 0 unspecified atom stereocenters. The Kier molecular flexibility index (Phi) is 6.28. The SMILES string of the molecule is CCn1ccc(C(=O)NCC2(c3ccccc3)CC(NC(=O)c3cc(F)ccc3Cl)C2)n1. The summed E-state index contributed by atoms with van der Waals surface area (Å²) < 4.78 is 15.2. The highest BCUT2D eigenvalue weighted by molar-refractivity contribution is 6.33. The number of carbonyl (C=O) groups excluding carboxylic acids is 2. The van der Waals surface area contributed by atoms with Gasteiger partial charge in [0, 0.05) is 30.7 Å². The van der Waals surface area contributed by atoms with Gasteiger partial charge in [-0.05, 0) is 49.6 Å². The molecule has 0 spiro atoms. The summed E-state index contributed by atoms with van der Waals surface area (Å²) in [6.07, 6.45) is 3.05. The maximum atomic E-state index is 13.5. The average Bonchev–Trinajstić information content (AvgIpc) is 3.26. The Morgan fingerprint density at radius 2 is 1.91 bits per heavy atom. The van der Waals surface area contributed by atoms with Gasteiger partial charge in [-0.2, -0.15) is 5.10 Å². The number of aryl methyl sites for hydroxylation is 1. The molecule has 1 aliphatic carbocycles. The molecule has 0 aliphatic heterocycles. The quantitative estimate of drug-likeness (QED) is 0.567. The van der Waals surface area contributed by atoms with E-state index < -0.39 is 11.7 Å². The third-order valence-corrected chi connectivity index (χ3v) is 6.28. The van der Waals surface area contributed by atoms with Crippen LogP contribution >= 0.6 is 11.6 Å². The highest BCUT2D eigenvalue weighted by atomic mass is 35.5. The van der Waals surface area contributed by atoms with Gasteiger partial charge >= 0.3 is 0 Å². The molecule has 0 bridgehead atoms. The first-order chi connectivity index (χ1) is 15.4. The lowest BCUT2D eigenvalue weighted by Gasteiger charge is -2.48. The van der Waals surface area contributed by atoms with E-state index in [4.69, 9.17) is 11.6 Å². The lowest BCUT2D eigenvalue weighted by atomic mass is 9.61. The zero-order chi connectivity index (χ0) is 22.7. The molecule has 166 valence electrons. The molecule has 2 N–H and O–H groups in total. The van der Waals surface area contributed by atoms with E-state index in [1.165, 1.54) is 12.1 Å².